The zero-order chi connectivity index (χ0) is 19.3. The SMILES string of the molecule is CC(=O)OC[C@H]1O[C@H]2O[C@@H]2[C@@H](OCc2ccccc2)[C@@H]1OCc1ccccc1. The third-order valence-corrected chi connectivity index (χ3v) is 4.83. The summed E-state index contributed by atoms with van der Waals surface area (Å²) < 4.78 is 29.1. The van der Waals surface area contributed by atoms with Gasteiger partial charge < -0.3 is 23.7 Å². The standard InChI is InChI=1S/C22H24O6/c1-15(23)24-14-18-19(25-12-16-8-4-2-5-9-16)20(21-22(27-18)28-21)26-13-17-10-6-3-7-11-17/h2-11,18-22H,12-14H2,1H3/t18-,19-,20+,21-,22+/m1/s1. The minimum Gasteiger partial charge on any atom is -0.463 e. The van der Waals surface area contributed by atoms with Crippen LogP contribution in [0.5, 0.6) is 0 Å². The van der Waals surface area contributed by atoms with Crippen molar-refractivity contribution in [3.8, 4) is 0 Å². The predicted molar refractivity (Wildman–Crippen MR) is 100 cm³/mol. The molecule has 0 unspecified atom stereocenters. The lowest BCUT2D eigenvalue weighted by Crippen LogP contribution is -2.52. The molecule has 0 bridgehead atoms. The third-order valence-electron chi connectivity index (χ3n) is 4.83. The molecule has 148 valence electrons. The quantitative estimate of drug-likeness (QED) is 0.515. The molecule has 28 heavy (non-hydrogen) atoms. The van der Waals surface area contributed by atoms with Crippen LogP contribution >= 0.6 is 0 Å². The third kappa shape index (κ3) is 4.77. The summed E-state index contributed by atoms with van der Waals surface area (Å²) in [5, 5.41) is 0. The molecule has 0 aliphatic carbocycles. The van der Waals surface area contributed by atoms with Crippen LogP contribution in [0.2, 0.25) is 0 Å². The van der Waals surface area contributed by atoms with Crippen molar-refractivity contribution < 1.29 is 28.5 Å². The lowest BCUT2D eigenvalue weighted by atomic mass is 10.0. The van der Waals surface area contributed by atoms with E-state index in [-0.39, 0.29) is 31.1 Å². The van der Waals surface area contributed by atoms with E-state index in [0.717, 1.165) is 11.1 Å². The Morgan fingerprint density at radius 3 is 2.00 bits per heavy atom. The lowest BCUT2D eigenvalue weighted by Gasteiger charge is -2.35. The smallest absolute Gasteiger partial charge is 0.302 e. The Balaban J connectivity index is 1.46. The molecule has 2 fully saturated rings. The van der Waals surface area contributed by atoms with Crippen LogP contribution in [0, 0.1) is 0 Å². The van der Waals surface area contributed by atoms with Gasteiger partial charge in [0.25, 0.3) is 0 Å². The summed E-state index contributed by atoms with van der Waals surface area (Å²) in [6.45, 7) is 2.34. The fourth-order valence-corrected chi connectivity index (χ4v) is 3.36. The highest BCUT2D eigenvalue weighted by molar-refractivity contribution is 5.65. The van der Waals surface area contributed by atoms with Crippen molar-refractivity contribution >= 4 is 5.97 Å². The molecule has 2 aromatic rings. The van der Waals surface area contributed by atoms with Crippen molar-refractivity contribution in [2.75, 3.05) is 6.61 Å². The van der Waals surface area contributed by atoms with Crippen molar-refractivity contribution in [1.82, 2.24) is 0 Å². The Morgan fingerprint density at radius 1 is 0.857 bits per heavy atom. The first-order valence-corrected chi connectivity index (χ1v) is 9.46. The highest BCUT2D eigenvalue weighted by Crippen LogP contribution is 2.39. The second-order valence-corrected chi connectivity index (χ2v) is 6.97. The average molecular weight is 384 g/mol. The second-order valence-electron chi connectivity index (χ2n) is 6.97. The summed E-state index contributed by atoms with van der Waals surface area (Å²) >= 11 is 0. The lowest BCUT2D eigenvalue weighted by molar-refractivity contribution is -0.193. The number of hydrogen-bond donors (Lipinski definition) is 0. The van der Waals surface area contributed by atoms with Gasteiger partial charge in [0, 0.05) is 6.92 Å². The van der Waals surface area contributed by atoms with Crippen LogP contribution in [0.4, 0.5) is 0 Å². The predicted octanol–water partition coefficient (Wildman–Crippen LogP) is 2.84. The molecular weight excluding hydrogens is 360 g/mol. The van der Waals surface area contributed by atoms with E-state index in [9.17, 15) is 4.79 Å². The van der Waals surface area contributed by atoms with E-state index in [1.54, 1.807) is 0 Å². The van der Waals surface area contributed by atoms with Gasteiger partial charge >= 0.3 is 5.97 Å². The maximum absolute atomic E-state index is 11.3. The number of benzene rings is 2. The van der Waals surface area contributed by atoms with E-state index in [1.807, 2.05) is 60.7 Å². The number of esters is 1. The summed E-state index contributed by atoms with van der Waals surface area (Å²) in [5.41, 5.74) is 2.12. The van der Waals surface area contributed by atoms with Gasteiger partial charge in [0.2, 0.25) is 0 Å². The number of ether oxygens (including phenoxy) is 5. The van der Waals surface area contributed by atoms with Gasteiger partial charge in [-0.15, -0.1) is 0 Å². The number of epoxide rings is 1. The number of carbonyl (C=O) groups is 1. The molecule has 2 aliphatic heterocycles. The molecule has 2 aromatic carbocycles. The molecule has 0 saturated carbocycles. The van der Waals surface area contributed by atoms with Crippen LogP contribution in [-0.4, -0.2) is 43.3 Å². The van der Waals surface area contributed by atoms with Gasteiger partial charge in [0.05, 0.1) is 13.2 Å². The van der Waals surface area contributed by atoms with Gasteiger partial charge in [0.1, 0.15) is 31.0 Å². The van der Waals surface area contributed by atoms with Crippen LogP contribution < -0.4 is 0 Å². The van der Waals surface area contributed by atoms with Crippen molar-refractivity contribution in [3.63, 3.8) is 0 Å². The Kier molecular flexibility index (Phi) is 6.02. The molecule has 0 N–H and O–H groups in total. The normalized spacial score (nSPS) is 28.4. The van der Waals surface area contributed by atoms with E-state index >= 15 is 0 Å². The molecule has 2 aliphatic rings. The Labute approximate surface area is 164 Å². The number of carbonyl (C=O) groups excluding carboxylic acids is 1. The summed E-state index contributed by atoms with van der Waals surface area (Å²) in [6.07, 6.45) is -1.66. The van der Waals surface area contributed by atoms with Gasteiger partial charge in [-0.05, 0) is 11.1 Å². The summed E-state index contributed by atoms with van der Waals surface area (Å²) in [7, 11) is 0. The monoisotopic (exact) mass is 384 g/mol. The van der Waals surface area contributed by atoms with Gasteiger partial charge in [-0.2, -0.15) is 0 Å². The first kappa shape index (κ1) is 19.1. The molecule has 0 amide bonds. The zero-order valence-corrected chi connectivity index (χ0v) is 15.7. The summed E-state index contributed by atoms with van der Waals surface area (Å²) in [5.74, 6) is -0.356. The minimum atomic E-state index is -0.447. The summed E-state index contributed by atoms with van der Waals surface area (Å²) in [6, 6.07) is 19.9. The van der Waals surface area contributed by atoms with Crippen molar-refractivity contribution in [1.29, 1.82) is 0 Å². The van der Waals surface area contributed by atoms with E-state index in [2.05, 4.69) is 0 Å². The molecule has 6 heteroatoms. The van der Waals surface area contributed by atoms with Crippen molar-refractivity contribution in [2.24, 2.45) is 0 Å². The molecule has 6 nitrogen and oxygen atoms in total. The Hall–Kier alpha value is -2.25. The van der Waals surface area contributed by atoms with E-state index in [0.29, 0.717) is 13.2 Å². The highest BCUT2D eigenvalue weighted by Gasteiger charge is 2.58. The number of rotatable bonds is 8. The Bertz CT molecular complexity index is 765. The molecule has 5 atom stereocenters. The van der Waals surface area contributed by atoms with Gasteiger partial charge in [-0.3, -0.25) is 4.79 Å². The minimum absolute atomic E-state index is 0.104. The fraction of sp³-hybridized carbons (Fsp3) is 0.409. The highest BCUT2D eigenvalue weighted by atomic mass is 16.8. The van der Waals surface area contributed by atoms with Crippen LogP contribution in [-0.2, 0) is 41.7 Å². The molecule has 0 spiro atoms. The van der Waals surface area contributed by atoms with Crippen LogP contribution in [0.1, 0.15) is 18.1 Å². The maximum atomic E-state index is 11.3. The molecule has 4 rings (SSSR count). The van der Waals surface area contributed by atoms with Crippen LogP contribution in [0.3, 0.4) is 0 Å². The zero-order valence-electron chi connectivity index (χ0n) is 15.7. The van der Waals surface area contributed by atoms with Crippen molar-refractivity contribution in [3.05, 3.63) is 71.8 Å². The summed E-state index contributed by atoms with van der Waals surface area (Å²) in [4.78, 5) is 11.3. The molecular formula is C22H24O6. The second kappa shape index (κ2) is 8.84. The topological polar surface area (TPSA) is 66.5 Å². The average Bonchev–Trinajstić information content (AvgIpc) is 3.50. The molecule has 0 radical (unpaired) electrons. The van der Waals surface area contributed by atoms with E-state index in [1.165, 1.54) is 6.92 Å². The fourth-order valence-electron chi connectivity index (χ4n) is 3.36. The molecule has 2 heterocycles. The van der Waals surface area contributed by atoms with E-state index < -0.39 is 12.2 Å². The molecule has 2 saturated heterocycles. The number of fused-ring (bicyclic) bond motifs is 1. The largest absolute Gasteiger partial charge is 0.463 e. The first-order valence-electron chi connectivity index (χ1n) is 9.46. The van der Waals surface area contributed by atoms with E-state index in [4.69, 9.17) is 23.7 Å². The first-order chi connectivity index (χ1) is 13.7. The maximum Gasteiger partial charge on any atom is 0.302 e. The molecule has 0 aromatic heterocycles. The van der Waals surface area contributed by atoms with Crippen molar-refractivity contribution in [2.45, 2.75) is 50.8 Å². The van der Waals surface area contributed by atoms with Crippen LogP contribution in [0.15, 0.2) is 60.7 Å². The number of hydrogen-bond acceptors (Lipinski definition) is 6. The van der Waals surface area contributed by atoms with Crippen LogP contribution in [0.25, 0.3) is 0 Å². The van der Waals surface area contributed by atoms with Gasteiger partial charge in [0.15, 0.2) is 6.29 Å². The van der Waals surface area contributed by atoms with Gasteiger partial charge in [-0.25, -0.2) is 0 Å². The van der Waals surface area contributed by atoms with Gasteiger partial charge in [-0.1, -0.05) is 60.7 Å². The Morgan fingerprint density at radius 2 is 1.43 bits per heavy atom.